The van der Waals surface area contributed by atoms with Crippen molar-refractivity contribution in [2.45, 2.75) is 46.0 Å². The Balaban J connectivity index is 2.35. The van der Waals surface area contributed by atoms with Gasteiger partial charge < -0.3 is 4.74 Å². The van der Waals surface area contributed by atoms with Crippen LogP contribution in [-0.4, -0.2) is 11.9 Å². The number of benzene rings is 1. The van der Waals surface area contributed by atoms with Crippen LogP contribution in [0.5, 0.6) is 5.75 Å². The minimum Gasteiger partial charge on any atom is -0.494 e. The maximum Gasteiger partial charge on any atom is 0.119 e. The highest BCUT2D eigenvalue weighted by Crippen LogP contribution is 2.21. The van der Waals surface area contributed by atoms with Crippen LogP contribution in [0.25, 0.3) is 0 Å². The molecule has 0 heterocycles. The highest BCUT2D eigenvalue weighted by molar-refractivity contribution is 9.09. The molecule has 1 aromatic rings. The summed E-state index contributed by atoms with van der Waals surface area (Å²) in [5.74, 6) is 2.36. The number of rotatable bonds is 8. The van der Waals surface area contributed by atoms with Crippen LogP contribution in [0, 0.1) is 5.92 Å². The fraction of sp³-hybridized carbons (Fsp3) is 0.625. The molecule has 0 N–H and O–H groups in total. The summed E-state index contributed by atoms with van der Waals surface area (Å²) in [7, 11) is 0. The van der Waals surface area contributed by atoms with Gasteiger partial charge in [0.2, 0.25) is 0 Å². The molecule has 0 saturated heterocycles. The lowest BCUT2D eigenvalue weighted by atomic mass is 9.99. The molecule has 0 aliphatic rings. The monoisotopic (exact) mass is 312 g/mol. The van der Waals surface area contributed by atoms with Crippen molar-refractivity contribution in [3.05, 3.63) is 29.8 Å². The SMILES string of the molecule is CCC(C)c1ccc(OCCC(C)CCBr)cc1. The van der Waals surface area contributed by atoms with Crippen LogP contribution in [0.4, 0.5) is 0 Å². The van der Waals surface area contributed by atoms with Gasteiger partial charge in [-0.15, -0.1) is 0 Å². The molecular formula is C16H25BrO. The molecule has 0 aromatic heterocycles. The molecule has 0 aliphatic heterocycles. The molecule has 1 rings (SSSR count). The van der Waals surface area contributed by atoms with Crippen molar-refractivity contribution in [1.82, 2.24) is 0 Å². The van der Waals surface area contributed by atoms with Crippen LogP contribution in [0.3, 0.4) is 0 Å². The molecule has 0 fully saturated rings. The molecule has 2 atom stereocenters. The predicted molar refractivity (Wildman–Crippen MR) is 82.8 cm³/mol. The third-order valence-corrected chi connectivity index (χ3v) is 4.00. The highest BCUT2D eigenvalue weighted by Gasteiger charge is 2.04. The summed E-state index contributed by atoms with van der Waals surface area (Å²) in [4.78, 5) is 0. The molecule has 0 amide bonds. The van der Waals surface area contributed by atoms with Crippen LogP contribution < -0.4 is 4.74 Å². The first-order valence-corrected chi connectivity index (χ1v) is 8.08. The van der Waals surface area contributed by atoms with Gasteiger partial charge in [0.1, 0.15) is 5.75 Å². The molecule has 0 saturated carbocycles. The van der Waals surface area contributed by atoms with E-state index in [-0.39, 0.29) is 0 Å². The summed E-state index contributed by atoms with van der Waals surface area (Å²) in [5, 5.41) is 1.08. The van der Waals surface area contributed by atoms with Crippen LogP contribution in [-0.2, 0) is 0 Å². The van der Waals surface area contributed by atoms with E-state index in [0.29, 0.717) is 5.92 Å². The fourth-order valence-corrected chi connectivity index (χ4v) is 2.62. The van der Waals surface area contributed by atoms with Gasteiger partial charge in [-0.1, -0.05) is 48.8 Å². The maximum absolute atomic E-state index is 5.78. The van der Waals surface area contributed by atoms with E-state index >= 15 is 0 Å². The second-order valence-corrected chi connectivity index (χ2v) is 5.89. The Morgan fingerprint density at radius 2 is 1.78 bits per heavy atom. The lowest BCUT2D eigenvalue weighted by molar-refractivity contribution is 0.282. The zero-order valence-corrected chi connectivity index (χ0v) is 13.4. The molecule has 0 aliphatic carbocycles. The summed E-state index contributed by atoms with van der Waals surface area (Å²) >= 11 is 3.47. The van der Waals surface area contributed by atoms with Gasteiger partial charge >= 0.3 is 0 Å². The maximum atomic E-state index is 5.78. The van der Waals surface area contributed by atoms with Gasteiger partial charge in [-0.25, -0.2) is 0 Å². The third-order valence-electron chi connectivity index (χ3n) is 3.54. The number of alkyl halides is 1. The lowest BCUT2D eigenvalue weighted by Crippen LogP contribution is -2.04. The third kappa shape index (κ3) is 5.43. The average molecular weight is 313 g/mol. The fourth-order valence-electron chi connectivity index (χ4n) is 1.84. The molecule has 2 heteroatoms. The smallest absolute Gasteiger partial charge is 0.119 e. The van der Waals surface area contributed by atoms with Crippen molar-refractivity contribution in [2.75, 3.05) is 11.9 Å². The van der Waals surface area contributed by atoms with E-state index in [1.54, 1.807) is 0 Å². The molecule has 2 unspecified atom stereocenters. The molecule has 0 bridgehead atoms. The number of halogens is 1. The standard InChI is InChI=1S/C16H25BrO/c1-4-14(3)15-5-7-16(8-6-15)18-12-10-13(2)9-11-17/h5-8,13-14H,4,9-12H2,1-3H3. The van der Waals surface area contributed by atoms with Crippen molar-refractivity contribution >= 4 is 15.9 Å². The topological polar surface area (TPSA) is 9.23 Å². The average Bonchev–Trinajstić information content (AvgIpc) is 2.39. The van der Waals surface area contributed by atoms with E-state index in [4.69, 9.17) is 4.74 Å². The second kappa shape index (κ2) is 8.58. The molecule has 18 heavy (non-hydrogen) atoms. The van der Waals surface area contributed by atoms with E-state index in [2.05, 4.69) is 61.0 Å². The Hall–Kier alpha value is -0.500. The van der Waals surface area contributed by atoms with Crippen molar-refractivity contribution in [2.24, 2.45) is 5.92 Å². The summed E-state index contributed by atoms with van der Waals surface area (Å²) < 4.78 is 5.78. The van der Waals surface area contributed by atoms with Crippen molar-refractivity contribution in [1.29, 1.82) is 0 Å². The molecule has 1 aromatic carbocycles. The first kappa shape index (κ1) is 15.6. The zero-order valence-electron chi connectivity index (χ0n) is 11.8. The quantitative estimate of drug-likeness (QED) is 0.585. The minimum absolute atomic E-state index is 0.637. The molecule has 0 spiro atoms. The van der Waals surface area contributed by atoms with E-state index in [0.717, 1.165) is 30.0 Å². The minimum atomic E-state index is 0.637. The van der Waals surface area contributed by atoms with E-state index in [1.165, 1.54) is 18.4 Å². The second-order valence-electron chi connectivity index (χ2n) is 5.10. The number of hydrogen-bond donors (Lipinski definition) is 0. The van der Waals surface area contributed by atoms with Crippen LogP contribution in [0.1, 0.15) is 51.5 Å². The van der Waals surface area contributed by atoms with Crippen molar-refractivity contribution < 1.29 is 4.74 Å². The van der Waals surface area contributed by atoms with Crippen molar-refractivity contribution in [3.8, 4) is 5.75 Å². The van der Waals surface area contributed by atoms with Gasteiger partial charge in [0.15, 0.2) is 0 Å². The Labute approximate surface area is 120 Å². The Kier molecular flexibility index (Phi) is 7.41. The predicted octanol–water partition coefficient (Wildman–Crippen LogP) is 5.39. The van der Waals surface area contributed by atoms with Crippen LogP contribution in [0.2, 0.25) is 0 Å². The summed E-state index contributed by atoms with van der Waals surface area (Å²) in [6, 6.07) is 8.56. The summed E-state index contributed by atoms with van der Waals surface area (Å²) in [5.41, 5.74) is 1.40. The van der Waals surface area contributed by atoms with E-state index in [9.17, 15) is 0 Å². The summed E-state index contributed by atoms with van der Waals surface area (Å²) in [6.07, 6.45) is 3.53. The Morgan fingerprint density at radius 1 is 1.11 bits per heavy atom. The molecule has 0 radical (unpaired) electrons. The van der Waals surface area contributed by atoms with Gasteiger partial charge in [-0.2, -0.15) is 0 Å². The number of ether oxygens (including phenoxy) is 1. The largest absolute Gasteiger partial charge is 0.494 e. The lowest BCUT2D eigenvalue weighted by Gasteiger charge is -2.12. The Bertz CT molecular complexity index is 320. The van der Waals surface area contributed by atoms with Crippen LogP contribution in [0.15, 0.2) is 24.3 Å². The molecule has 102 valence electrons. The Morgan fingerprint density at radius 3 is 2.33 bits per heavy atom. The normalized spacial score (nSPS) is 14.2. The molecule has 1 nitrogen and oxygen atoms in total. The van der Waals surface area contributed by atoms with Crippen LogP contribution >= 0.6 is 15.9 Å². The van der Waals surface area contributed by atoms with Gasteiger partial charge in [0.05, 0.1) is 6.61 Å². The van der Waals surface area contributed by atoms with Gasteiger partial charge in [0.25, 0.3) is 0 Å². The zero-order chi connectivity index (χ0) is 13.4. The van der Waals surface area contributed by atoms with E-state index < -0.39 is 0 Å². The number of hydrogen-bond acceptors (Lipinski definition) is 1. The van der Waals surface area contributed by atoms with Gasteiger partial charge in [0, 0.05) is 5.33 Å². The first-order chi connectivity index (χ1) is 8.67. The highest BCUT2D eigenvalue weighted by atomic mass is 79.9. The van der Waals surface area contributed by atoms with Gasteiger partial charge in [-0.05, 0) is 48.8 Å². The van der Waals surface area contributed by atoms with E-state index in [1.807, 2.05) is 0 Å². The first-order valence-electron chi connectivity index (χ1n) is 6.96. The summed E-state index contributed by atoms with van der Waals surface area (Å²) in [6.45, 7) is 7.58. The molecular weight excluding hydrogens is 288 g/mol. The van der Waals surface area contributed by atoms with Crippen molar-refractivity contribution in [3.63, 3.8) is 0 Å². The van der Waals surface area contributed by atoms with Gasteiger partial charge in [-0.3, -0.25) is 0 Å².